The highest BCUT2D eigenvalue weighted by Crippen LogP contribution is 2.43. The number of carbonyl (C=O) groups excluding carboxylic acids is 2. The van der Waals surface area contributed by atoms with Crippen LogP contribution in [0.5, 0.6) is 5.75 Å². The number of aromatic hydroxyl groups is 1. The number of anilines is 3. The van der Waals surface area contributed by atoms with E-state index in [0.29, 0.717) is 84.6 Å². The van der Waals surface area contributed by atoms with Crippen LogP contribution in [0, 0.1) is 6.92 Å². The summed E-state index contributed by atoms with van der Waals surface area (Å²) in [6.07, 6.45) is 3.13. The van der Waals surface area contributed by atoms with Crippen LogP contribution < -0.4 is 15.8 Å². The van der Waals surface area contributed by atoms with Crippen LogP contribution in [0.1, 0.15) is 56.2 Å². The number of hydrogen-bond acceptors (Lipinski definition) is 6. The predicted molar refractivity (Wildman–Crippen MR) is 174 cm³/mol. The molecule has 9 nitrogen and oxygen atoms in total. The maximum Gasteiger partial charge on any atom is 0.258 e. The van der Waals surface area contributed by atoms with Crippen molar-refractivity contribution < 1.29 is 19.4 Å². The van der Waals surface area contributed by atoms with Crippen molar-refractivity contribution in [2.24, 2.45) is 7.05 Å². The van der Waals surface area contributed by atoms with E-state index in [0.717, 1.165) is 11.1 Å². The van der Waals surface area contributed by atoms with E-state index in [-0.39, 0.29) is 23.1 Å². The van der Waals surface area contributed by atoms with Gasteiger partial charge >= 0.3 is 0 Å². The third-order valence-corrected chi connectivity index (χ3v) is 9.17. The molecule has 1 saturated heterocycles. The number of hydrogen-bond donors (Lipinski definition) is 2. The topological polar surface area (TPSA) is 104 Å². The quantitative estimate of drug-likeness (QED) is 0.307. The molecule has 230 valence electrons. The summed E-state index contributed by atoms with van der Waals surface area (Å²) in [7, 11) is 1.67. The van der Waals surface area contributed by atoms with Crippen LogP contribution in [0.3, 0.4) is 0 Å². The highest BCUT2D eigenvalue weighted by molar-refractivity contribution is 6.09. The number of nitrogens with one attached hydrogen (secondary N) is 1. The largest absolute Gasteiger partial charge is 0.505 e. The lowest BCUT2D eigenvalue weighted by atomic mass is 9.93. The van der Waals surface area contributed by atoms with Crippen molar-refractivity contribution >= 4 is 29.0 Å². The van der Waals surface area contributed by atoms with Crippen LogP contribution in [-0.4, -0.2) is 59.2 Å². The molecule has 9 heteroatoms. The smallest absolute Gasteiger partial charge is 0.258 e. The Balaban J connectivity index is 1.17. The number of phenolic OH excluding ortho intramolecular Hbond substituents is 1. The van der Waals surface area contributed by atoms with Gasteiger partial charge < -0.3 is 25.0 Å². The normalized spacial score (nSPS) is 16.4. The van der Waals surface area contributed by atoms with Gasteiger partial charge in [0, 0.05) is 55.1 Å². The fourth-order valence-corrected chi connectivity index (χ4v) is 6.36. The van der Waals surface area contributed by atoms with Gasteiger partial charge in [-0.1, -0.05) is 18.2 Å². The first-order chi connectivity index (χ1) is 21.8. The molecule has 3 aliphatic rings. The first kappa shape index (κ1) is 28.9. The van der Waals surface area contributed by atoms with Crippen molar-refractivity contribution in [2.75, 3.05) is 43.1 Å². The average Bonchev–Trinajstić information content (AvgIpc) is 3.90. The number of phenols is 1. The fourth-order valence-electron chi connectivity index (χ4n) is 6.36. The first-order valence-corrected chi connectivity index (χ1v) is 15.5. The lowest BCUT2D eigenvalue weighted by Gasteiger charge is -2.30. The standard InChI is InChI=1S/C36H36N4O5/c1-22-3-12-30(40-14-13-26-19-25(23-4-5-23)8-11-29(26)36(40)44)34(42)33(22)27-20-31(38(2)32(41)21-27)37-28-9-6-24(7-10-28)35(43)39-15-17-45-18-16-39/h3,6-12,19-21,23,37,42H,4-5,13-18H2,1-2H3. The zero-order chi connectivity index (χ0) is 31.2. The van der Waals surface area contributed by atoms with E-state index in [9.17, 15) is 19.5 Å². The molecule has 1 saturated carbocycles. The Morgan fingerprint density at radius 2 is 1.69 bits per heavy atom. The van der Waals surface area contributed by atoms with Gasteiger partial charge in [0.05, 0.1) is 18.9 Å². The molecule has 2 fully saturated rings. The second-order valence-electron chi connectivity index (χ2n) is 12.2. The van der Waals surface area contributed by atoms with Crippen molar-refractivity contribution in [2.45, 2.75) is 32.1 Å². The number of fused-ring (bicyclic) bond motifs is 1. The monoisotopic (exact) mass is 604 g/mol. The summed E-state index contributed by atoms with van der Waals surface area (Å²) in [5.74, 6) is 0.929. The molecular formula is C36H36N4O5. The minimum absolute atomic E-state index is 0.0356. The van der Waals surface area contributed by atoms with Crippen LogP contribution in [0.4, 0.5) is 17.2 Å². The lowest BCUT2D eigenvalue weighted by Crippen LogP contribution is -2.40. The number of carbonyl (C=O) groups is 2. The summed E-state index contributed by atoms with van der Waals surface area (Å²) in [6, 6.07) is 20.3. The van der Waals surface area contributed by atoms with Gasteiger partial charge in [-0.2, -0.15) is 0 Å². The highest BCUT2D eigenvalue weighted by Gasteiger charge is 2.31. The van der Waals surface area contributed by atoms with Crippen LogP contribution in [0.25, 0.3) is 11.1 Å². The maximum absolute atomic E-state index is 13.6. The van der Waals surface area contributed by atoms with Gasteiger partial charge in [-0.25, -0.2) is 0 Å². The third-order valence-electron chi connectivity index (χ3n) is 9.17. The molecule has 2 N–H and O–H groups in total. The first-order valence-electron chi connectivity index (χ1n) is 15.5. The molecule has 3 heterocycles. The number of morpholine rings is 1. The molecule has 0 unspecified atom stereocenters. The Bertz CT molecular complexity index is 1870. The van der Waals surface area contributed by atoms with Crippen molar-refractivity contribution in [3.63, 3.8) is 0 Å². The second kappa shape index (κ2) is 11.6. The number of benzene rings is 3. The van der Waals surface area contributed by atoms with Gasteiger partial charge in [-0.05, 0) is 96.8 Å². The predicted octanol–water partition coefficient (Wildman–Crippen LogP) is 5.36. The van der Waals surface area contributed by atoms with Crippen LogP contribution in [0.2, 0.25) is 0 Å². The Morgan fingerprint density at radius 3 is 2.42 bits per heavy atom. The molecule has 0 radical (unpaired) electrons. The molecule has 2 aliphatic heterocycles. The zero-order valence-corrected chi connectivity index (χ0v) is 25.5. The Hall–Kier alpha value is -4.89. The molecule has 0 atom stereocenters. The SMILES string of the molecule is Cc1ccc(N2CCc3cc(C4CC4)ccc3C2=O)c(O)c1-c1cc(Nc2ccc(C(=O)N3CCOCC3)cc2)n(C)c(=O)c1. The van der Waals surface area contributed by atoms with Gasteiger partial charge in [0.15, 0.2) is 0 Å². The molecule has 7 rings (SSSR count). The summed E-state index contributed by atoms with van der Waals surface area (Å²) in [6.45, 7) is 4.56. The Morgan fingerprint density at radius 1 is 0.933 bits per heavy atom. The average molecular weight is 605 g/mol. The maximum atomic E-state index is 13.6. The molecular weight excluding hydrogens is 568 g/mol. The number of nitrogens with zero attached hydrogens (tertiary/aromatic N) is 3. The van der Waals surface area contributed by atoms with E-state index in [1.165, 1.54) is 29.0 Å². The number of aromatic nitrogens is 1. The number of rotatable bonds is 6. The highest BCUT2D eigenvalue weighted by atomic mass is 16.5. The van der Waals surface area contributed by atoms with E-state index >= 15 is 0 Å². The molecule has 0 bridgehead atoms. The number of pyridine rings is 1. The number of aryl methyl sites for hydroxylation is 1. The summed E-state index contributed by atoms with van der Waals surface area (Å²) < 4.78 is 6.84. The Labute approximate surface area is 261 Å². The van der Waals surface area contributed by atoms with Crippen molar-refractivity contribution in [3.8, 4) is 16.9 Å². The second-order valence-corrected chi connectivity index (χ2v) is 12.2. The molecule has 1 aromatic heterocycles. The molecule has 1 aliphatic carbocycles. The minimum atomic E-state index is -0.257. The zero-order valence-electron chi connectivity index (χ0n) is 25.5. The molecule has 2 amide bonds. The summed E-state index contributed by atoms with van der Waals surface area (Å²) >= 11 is 0. The van der Waals surface area contributed by atoms with Crippen LogP contribution in [0.15, 0.2) is 71.5 Å². The van der Waals surface area contributed by atoms with Crippen molar-refractivity contribution in [1.82, 2.24) is 9.47 Å². The van der Waals surface area contributed by atoms with Gasteiger partial charge in [-0.15, -0.1) is 0 Å². The summed E-state index contributed by atoms with van der Waals surface area (Å²) in [4.78, 5) is 43.0. The third kappa shape index (κ3) is 5.48. The summed E-state index contributed by atoms with van der Waals surface area (Å²) in [5, 5.41) is 14.9. The van der Waals surface area contributed by atoms with Gasteiger partial charge in [0.1, 0.15) is 11.6 Å². The fraction of sp³-hybridized carbons (Fsp3) is 0.306. The lowest BCUT2D eigenvalue weighted by molar-refractivity contribution is 0.0303. The Kier molecular flexibility index (Phi) is 7.41. The molecule has 3 aromatic carbocycles. The van der Waals surface area contributed by atoms with E-state index in [1.807, 2.05) is 37.3 Å². The molecule has 0 spiro atoms. The van der Waals surface area contributed by atoms with Gasteiger partial charge in [0.2, 0.25) is 0 Å². The van der Waals surface area contributed by atoms with E-state index in [2.05, 4.69) is 17.4 Å². The van der Waals surface area contributed by atoms with Crippen molar-refractivity contribution in [3.05, 3.63) is 105 Å². The van der Waals surface area contributed by atoms with E-state index in [4.69, 9.17) is 4.74 Å². The van der Waals surface area contributed by atoms with Gasteiger partial charge in [0.25, 0.3) is 17.4 Å². The van der Waals surface area contributed by atoms with Crippen LogP contribution >= 0.6 is 0 Å². The van der Waals surface area contributed by atoms with E-state index < -0.39 is 0 Å². The number of ether oxygens (including phenoxy) is 1. The van der Waals surface area contributed by atoms with Crippen molar-refractivity contribution in [1.29, 1.82) is 0 Å². The molecule has 4 aromatic rings. The minimum Gasteiger partial charge on any atom is -0.505 e. The number of amides is 2. The van der Waals surface area contributed by atoms with Crippen LogP contribution in [-0.2, 0) is 18.2 Å². The summed E-state index contributed by atoms with van der Waals surface area (Å²) in [5.41, 5.74) is 6.32. The van der Waals surface area contributed by atoms with Gasteiger partial charge in [-0.3, -0.25) is 19.0 Å². The molecule has 45 heavy (non-hydrogen) atoms. The van der Waals surface area contributed by atoms with E-state index in [1.54, 1.807) is 35.0 Å².